The number of likely N-dealkylation sites (tertiary alicyclic amines) is 1. The van der Waals surface area contributed by atoms with Crippen LogP contribution in [0.3, 0.4) is 0 Å². The first-order chi connectivity index (χ1) is 9.31. The number of carbonyl (C=O) groups is 1. The van der Waals surface area contributed by atoms with Crippen molar-refractivity contribution in [2.45, 2.75) is 45.7 Å². The van der Waals surface area contributed by atoms with Crippen LogP contribution in [0.4, 0.5) is 0 Å². The summed E-state index contributed by atoms with van der Waals surface area (Å²) in [7, 11) is 0. The fourth-order valence-corrected chi connectivity index (χ4v) is 2.47. The van der Waals surface area contributed by atoms with Crippen LogP contribution in [0.1, 0.15) is 38.3 Å². The molecule has 0 spiro atoms. The molecule has 2 heterocycles. The van der Waals surface area contributed by atoms with E-state index < -0.39 is 0 Å². The number of hydrogen-bond acceptors (Lipinski definition) is 3. The summed E-state index contributed by atoms with van der Waals surface area (Å²) in [5.74, 6) is 0.280. The van der Waals surface area contributed by atoms with Crippen LogP contribution in [0.2, 0.25) is 0 Å². The van der Waals surface area contributed by atoms with E-state index in [0.29, 0.717) is 6.42 Å². The third-order valence-corrected chi connectivity index (χ3v) is 3.63. The van der Waals surface area contributed by atoms with Gasteiger partial charge in [-0.3, -0.25) is 4.79 Å². The van der Waals surface area contributed by atoms with Gasteiger partial charge in [-0.15, -0.1) is 0 Å². The molecule has 1 N–H and O–H groups in total. The van der Waals surface area contributed by atoms with Gasteiger partial charge in [0.25, 0.3) is 0 Å². The molecule has 0 unspecified atom stereocenters. The Morgan fingerprint density at radius 1 is 1.37 bits per heavy atom. The molecular weight excluding hydrogens is 240 g/mol. The fourth-order valence-electron chi connectivity index (χ4n) is 2.47. The van der Waals surface area contributed by atoms with Crippen molar-refractivity contribution < 1.29 is 4.79 Å². The average molecular weight is 264 g/mol. The standard InChI is InChI=1S/C14H24N4O/c1-2-15-10-13-11-16-12-18(13)9-6-14(19)17-7-4-3-5-8-17/h11-12,15H,2-10H2,1H3. The second kappa shape index (κ2) is 7.28. The van der Waals surface area contributed by atoms with E-state index >= 15 is 0 Å². The normalized spacial score (nSPS) is 15.7. The fraction of sp³-hybridized carbons (Fsp3) is 0.714. The van der Waals surface area contributed by atoms with E-state index in [2.05, 4.69) is 21.8 Å². The predicted octanol–water partition coefficient (Wildman–Crippen LogP) is 1.40. The number of aryl methyl sites for hydroxylation is 1. The van der Waals surface area contributed by atoms with Crippen LogP contribution in [-0.4, -0.2) is 40.0 Å². The van der Waals surface area contributed by atoms with Crippen LogP contribution in [-0.2, 0) is 17.9 Å². The van der Waals surface area contributed by atoms with Gasteiger partial charge < -0.3 is 14.8 Å². The molecule has 106 valence electrons. The maximum Gasteiger partial charge on any atom is 0.224 e. The molecule has 2 rings (SSSR count). The Bertz CT molecular complexity index is 396. The van der Waals surface area contributed by atoms with Gasteiger partial charge in [0.05, 0.1) is 12.0 Å². The molecule has 1 aromatic heterocycles. The Kier molecular flexibility index (Phi) is 5.39. The minimum Gasteiger partial charge on any atom is -0.343 e. The van der Waals surface area contributed by atoms with E-state index in [9.17, 15) is 4.79 Å². The molecule has 0 saturated carbocycles. The van der Waals surface area contributed by atoms with Crippen molar-refractivity contribution in [1.29, 1.82) is 0 Å². The zero-order valence-corrected chi connectivity index (χ0v) is 11.8. The van der Waals surface area contributed by atoms with E-state index in [1.54, 1.807) is 0 Å². The minimum absolute atomic E-state index is 0.280. The van der Waals surface area contributed by atoms with E-state index in [-0.39, 0.29) is 5.91 Å². The van der Waals surface area contributed by atoms with Crippen LogP contribution in [0, 0.1) is 0 Å². The van der Waals surface area contributed by atoms with Gasteiger partial charge >= 0.3 is 0 Å². The lowest BCUT2D eigenvalue weighted by Gasteiger charge is -2.26. The van der Waals surface area contributed by atoms with Crippen molar-refractivity contribution in [3.63, 3.8) is 0 Å². The van der Waals surface area contributed by atoms with Gasteiger partial charge in [-0.05, 0) is 25.8 Å². The maximum atomic E-state index is 12.1. The lowest BCUT2D eigenvalue weighted by atomic mass is 10.1. The molecule has 1 aromatic rings. The number of carbonyl (C=O) groups excluding carboxylic acids is 1. The molecule has 1 aliphatic heterocycles. The number of aromatic nitrogens is 2. The van der Waals surface area contributed by atoms with Crippen molar-refractivity contribution in [1.82, 2.24) is 19.8 Å². The van der Waals surface area contributed by atoms with Crippen LogP contribution >= 0.6 is 0 Å². The van der Waals surface area contributed by atoms with Crippen LogP contribution in [0.25, 0.3) is 0 Å². The maximum absolute atomic E-state index is 12.1. The molecule has 0 bridgehead atoms. The van der Waals surface area contributed by atoms with Gasteiger partial charge in [0.2, 0.25) is 5.91 Å². The van der Waals surface area contributed by atoms with Crippen molar-refractivity contribution in [3.05, 3.63) is 18.2 Å². The van der Waals surface area contributed by atoms with Gasteiger partial charge in [-0.1, -0.05) is 6.92 Å². The monoisotopic (exact) mass is 264 g/mol. The van der Waals surface area contributed by atoms with E-state index in [1.165, 1.54) is 6.42 Å². The first-order valence-electron chi connectivity index (χ1n) is 7.28. The second-order valence-corrected chi connectivity index (χ2v) is 5.05. The quantitative estimate of drug-likeness (QED) is 0.845. The summed E-state index contributed by atoms with van der Waals surface area (Å²) in [6.45, 7) is 6.45. The van der Waals surface area contributed by atoms with Gasteiger partial charge in [0, 0.05) is 38.8 Å². The second-order valence-electron chi connectivity index (χ2n) is 5.05. The third kappa shape index (κ3) is 4.06. The number of amides is 1. The number of rotatable bonds is 6. The first-order valence-corrected chi connectivity index (χ1v) is 7.28. The molecular formula is C14H24N4O. The van der Waals surface area contributed by atoms with Crippen LogP contribution in [0.15, 0.2) is 12.5 Å². The Balaban J connectivity index is 1.81. The van der Waals surface area contributed by atoms with Gasteiger partial charge in [0.1, 0.15) is 0 Å². The molecule has 0 aliphatic carbocycles. The summed E-state index contributed by atoms with van der Waals surface area (Å²) < 4.78 is 2.07. The molecule has 5 heteroatoms. The van der Waals surface area contributed by atoms with Gasteiger partial charge in [0.15, 0.2) is 0 Å². The zero-order chi connectivity index (χ0) is 13.5. The highest BCUT2D eigenvalue weighted by molar-refractivity contribution is 5.76. The molecule has 5 nitrogen and oxygen atoms in total. The molecule has 1 aliphatic rings. The lowest BCUT2D eigenvalue weighted by molar-refractivity contribution is -0.132. The average Bonchev–Trinajstić information content (AvgIpc) is 2.91. The minimum atomic E-state index is 0.280. The summed E-state index contributed by atoms with van der Waals surface area (Å²) in [5, 5.41) is 3.29. The topological polar surface area (TPSA) is 50.2 Å². The van der Waals surface area contributed by atoms with E-state index in [1.807, 2.05) is 17.4 Å². The summed E-state index contributed by atoms with van der Waals surface area (Å²) >= 11 is 0. The number of imidazole rings is 1. The summed E-state index contributed by atoms with van der Waals surface area (Å²) in [4.78, 5) is 18.3. The number of nitrogens with zero attached hydrogens (tertiary/aromatic N) is 3. The highest BCUT2D eigenvalue weighted by atomic mass is 16.2. The summed E-state index contributed by atoms with van der Waals surface area (Å²) in [6.07, 6.45) is 7.84. The van der Waals surface area contributed by atoms with Gasteiger partial charge in [-0.2, -0.15) is 0 Å². The Hall–Kier alpha value is -1.36. The van der Waals surface area contributed by atoms with Crippen LogP contribution < -0.4 is 5.32 Å². The summed E-state index contributed by atoms with van der Waals surface area (Å²) in [5.41, 5.74) is 1.15. The van der Waals surface area contributed by atoms with Crippen molar-refractivity contribution >= 4 is 5.91 Å². The molecule has 0 aromatic carbocycles. The number of piperidine rings is 1. The Morgan fingerprint density at radius 2 is 2.16 bits per heavy atom. The molecule has 0 atom stereocenters. The molecule has 19 heavy (non-hydrogen) atoms. The Labute approximate surface area is 115 Å². The number of nitrogens with one attached hydrogen (secondary N) is 1. The third-order valence-electron chi connectivity index (χ3n) is 3.63. The van der Waals surface area contributed by atoms with E-state index in [4.69, 9.17) is 0 Å². The smallest absolute Gasteiger partial charge is 0.224 e. The van der Waals surface area contributed by atoms with Crippen molar-refractivity contribution in [2.75, 3.05) is 19.6 Å². The largest absolute Gasteiger partial charge is 0.343 e. The molecule has 0 radical (unpaired) electrons. The highest BCUT2D eigenvalue weighted by Crippen LogP contribution is 2.10. The first kappa shape index (κ1) is 14.1. The predicted molar refractivity (Wildman–Crippen MR) is 74.7 cm³/mol. The van der Waals surface area contributed by atoms with Crippen molar-refractivity contribution in [2.24, 2.45) is 0 Å². The SMILES string of the molecule is CCNCc1cncn1CCC(=O)N1CCCCC1. The van der Waals surface area contributed by atoms with Crippen molar-refractivity contribution in [3.8, 4) is 0 Å². The molecule has 1 amide bonds. The van der Waals surface area contributed by atoms with Gasteiger partial charge in [-0.25, -0.2) is 4.98 Å². The van der Waals surface area contributed by atoms with Crippen LogP contribution in [0.5, 0.6) is 0 Å². The zero-order valence-electron chi connectivity index (χ0n) is 11.8. The summed E-state index contributed by atoms with van der Waals surface area (Å²) in [6, 6.07) is 0. The number of hydrogen-bond donors (Lipinski definition) is 1. The molecule has 1 fully saturated rings. The lowest BCUT2D eigenvalue weighted by Crippen LogP contribution is -2.36. The highest BCUT2D eigenvalue weighted by Gasteiger charge is 2.16. The molecule has 1 saturated heterocycles. The van der Waals surface area contributed by atoms with E-state index in [0.717, 1.165) is 51.3 Å². The Morgan fingerprint density at radius 3 is 2.89 bits per heavy atom.